The fraction of sp³-hybridized carbons (Fsp3) is 0.125. The summed E-state index contributed by atoms with van der Waals surface area (Å²) in [4.78, 5) is 28.6. The summed E-state index contributed by atoms with van der Waals surface area (Å²) in [6.07, 6.45) is 3.45. The zero-order valence-electron chi connectivity index (χ0n) is 11.3. The van der Waals surface area contributed by atoms with Crippen molar-refractivity contribution in [1.82, 2.24) is 0 Å². The van der Waals surface area contributed by atoms with E-state index in [1.165, 1.54) is 12.2 Å². The minimum atomic E-state index is 0.404. The lowest BCUT2D eigenvalue weighted by molar-refractivity contribution is 0.565. The van der Waals surface area contributed by atoms with Crippen molar-refractivity contribution in [3.63, 3.8) is 0 Å². The number of aryl methyl sites for hydroxylation is 1. The number of halogens is 1. The van der Waals surface area contributed by atoms with Gasteiger partial charge in [0, 0.05) is 17.0 Å². The van der Waals surface area contributed by atoms with E-state index in [1.807, 2.05) is 25.1 Å². The van der Waals surface area contributed by atoms with Crippen LogP contribution in [0.3, 0.4) is 0 Å². The molecule has 0 fully saturated rings. The van der Waals surface area contributed by atoms with Gasteiger partial charge in [0.05, 0.1) is 11.4 Å². The number of benzene rings is 2. The fourth-order valence-corrected chi connectivity index (χ4v) is 2.29. The van der Waals surface area contributed by atoms with Gasteiger partial charge in [0.25, 0.3) is 0 Å². The van der Waals surface area contributed by atoms with Crippen molar-refractivity contribution in [2.45, 2.75) is 13.3 Å². The lowest BCUT2D eigenvalue weighted by Crippen LogP contribution is -1.92. The van der Waals surface area contributed by atoms with E-state index in [0.717, 1.165) is 11.1 Å². The van der Waals surface area contributed by atoms with Crippen molar-refractivity contribution in [2.75, 3.05) is 0 Å². The first-order chi connectivity index (χ1) is 10.2. The van der Waals surface area contributed by atoms with Gasteiger partial charge < -0.3 is 0 Å². The zero-order chi connectivity index (χ0) is 15.2. The Kier molecular flexibility index (Phi) is 4.81. The van der Waals surface area contributed by atoms with Gasteiger partial charge in [-0.2, -0.15) is 9.98 Å². The van der Waals surface area contributed by atoms with Crippen LogP contribution in [0.4, 0.5) is 11.4 Å². The third kappa shape index (κ3) is 3.53. The Balaban J connectivity index is 2.62. The van der Waals surface area contributed by atoms with Gasteiger partial charge in [-0.05, 0) is 36.2 Å². The van der Waals surface area contributed by atoms with Crippen LogP contribution >= 0.6 is 11.6 Å². The fourth-order valence-electron chi connectivity index (χ4n) is 2.09. The van der Waals surface area contributed by atoms with E-state index in [0.29, 0.717) is 28.4 Å². The van der Waals surface area contributed by atoms with E-state index in [-0.39, 0.29) is 0 Å². The molecule has 0 unspecified atom stereocenters. The van der Waals surface area contributed by atoms with Gasteiger partial charge >= 0.3 is 0 Å². The molecule has 0 bridgehead atoms. The minimum Gasteiger partial charge on any atom is -0.211 e. The Morgan fingerprint density at radius 2 is 1.62 bits per heavy atom. The van der Waals surface area contributed by atoms with Crippen molar-refractivity contribution in [3.8, 4) is 0 Å². The number of nitrogens with zero attached hydrogens (tertiary/aromatic N) is 2. The van der Waals surface area contributed by atoms with Crippen LogP contribution in [0.2, 0.25) is 5.02 Å². The second kappa shape index (κ2) is 6.78. The summed E-state index contributed by atoms with van der Waals surface area (Å²) in [5.41, 5.74) is 3.19. The summed E-state index contributed by atoms with van der Waals surface area (Å²) in [7, 11) is 0. The topological polar surface area (TPSA) is 58.9 Å². The number of hydrogen-bond acceptors (Lipinski definition) is 4. The second-order valence-electron chi connectivity index (χ2n) is 4.46. The maximum absolute atomic E-state index is 10.6. The molecule has 2 aromatic rings. The van der Waals surface area contributed by atoms with E-state index >= 15 is 0 Å². The smallest absolute Gasteiger partial charge is 0.211 e. The standard InChI is InChI=1S/C16H11ClN2O2/c1-11-6-15(18-9-20)13(16(7-11)19-10-21)8-12-4-2-3-5-14(12)17/h2-7H,8H2,1H3. The van der Waals surface area contributed by atoms with Crippen LogP contribution in [0.1, 0.15) is 16.7 Å². The number of aliphatic imine (C=N–C) groups is 2. The summed E-state index contributed by atoms with van der Waals surface area (Å²) in [6, 6.07) is 10.8. The Labute approximate surface area is 126 Å². The molecule has 0 saturated carbocycles. The van der Waals surface area contributed by atoms with Crippen LogP contribution in [0.15, 0.2) is 46.4 Å². The molecule has 0 heterocycles. The van der Waals surface area contributed by atoms with E-state index in [1.54, 1.807) is 18.2 Å². The first-order valence-corrected chi connectivity index (χ1v) is 6.56. The summed E-state index contributed by atoms with van der Waals surface area (Å²) >= 11 is 6.15. The maximum Gasteiger partial charge on any atom is 0.240 e. The summed E-state index contributed by atoms with van der Waals surface area (Å²) < 4.78 is 0. The number of isocyanates is 2. The second-order valence-corrected chi connectivity index (χ2v) is 4.86. The van der Waals surface area contributed by atoms with Crippen LogP contribution in [0.5, 0.6) is 0 Å². The van der Waals surface area contributed by atoms with Gasteiger partial charge in [-0.15, -0.1) is 0 Å². The number of hydrogen-bond donors (Lipinski definition) is 0. The lowest BCUT2D eigenvalue weighted by Gasteiger charge is -2.10. The number of rotatable bonds is 4. The highest BCUT2D eigenvalue weighted by atomic mass is 35.5. The highest BCUT2D eigenvalue weighted by Gasteiger charge is 2.12. The molecule has 104 valence electrons. The van der Waals surface area contributed by atoms with E-state index in [2.05, 4.69) is 9.98 Å². The van der Waals surface area contributed by atoms with Crippen molar-refractivity contribution < 1.29 is 9.59 Å². The first-order valence-electron chi connectivity index (χ1n) is 6.18. The predicted molar refractivity (Wildman–Crippen MR) is 81.0 cm³/mol. The monoisotopic (exact) mass is 298 g/mol. The molecule has 0 spiro atoms. The molecule has 0 aliphatic rings. The molecular weight excluding hydrogens is 288 g/mol. The Morgan fingerprint density at radius 1 is 1.05 bits per heavy atom. The molecule has 0 N–H and O–H groups in total. The Morgan fingerprint density at radius 3 is 2.14 bits per heavy atom. The third-order valence-electron chi connectivity index (χ3n) is 3.00. The molecule has 2 rings (SSSR count). The molecule has 0 aromatic heterocycles. The third-order valence-corrected chi connectivity index (χ3v) is 3.37. The van der Waals surface area contributed by atoms with Crippen molar-refractivity contribution >= 4 is 35.1 Å². The average molecular weight is 299 g/mol. The molecule has 21 heavy (non-hydrogen) atoms. The SMILES string of the molecule is Cc1cc(N=C=O)c(Cc2ccccc2Cl)c(N=C=O)c1. The average Bonchev–Trinajstić information content (AvgIpc) is 2.45. The lowest BCUT2D eigenvalue weighted by atomic mass is 9.99. The van der Waals surface area contributed by atoms with Gasteiger partial charge in [-0.25, -0.2) is 9.59 Å². The van der Waals surface area contributed by atoms with Crippen LogP contribution in [0, 0.1) is 6.92 Å². The molecule has 4 nitrogen and oxygen atoms in total. The van der Waals surface area contributed by atoms with Crippen molar-refractivity contribution in [2.24, 2.45) is 9.98 Å². The maximum atomic E-state index is 10.6. The highest BCUT2D eigenvalue weighted by molar-refractivity contribution is 6.31. The van der Waals surface area contributed by atoms with Gasteiger partial charge in [0.1, 0.15) is 0 Å². The van der Waals surface area contributed by atoms with Crippen molar-refractivity contribution in [1.29, 1.82) is 0 Å². The largest absolute Gasteiger partial charge is 0.240 e. The first kappa shape index (κ1) is 14.9. The van der Waals surface area contributed by atoms with Gasteiger partial charge in [0.15, 0.2) is 0 Å². The van der Waals surface area contributed by atoms with Crippen LogP contribution in [0.25, 0.3) is 0 Å². The van der Waals surface area contributed by atoms with Gasteiger partial charge in [-0.3, -0.25) is 0 Å². The zero-order valence-corrected chi connectivity index (χ0v) is 12.0. The van der Waals surface area contributed by atoms with Crippen LogP contribution < -0.4 is 0 Å². The summed E-state index contributed by atoms with van der Waals surface area (Å²) in [6.45, 7) is 1.83. The summed E-state index contributed by atoms with van der Waals surface area (Å²) in [5, 5.41) is 0.597. The predicted octanol–water partition coefficient (Wildman–Crippen LogP) is 4.17. The van der Waals surface area contributed by atoms with Gasteiger partial charge in [-0.1, -0.05) is 29.8 Å². The van der Waals surface area contributed by atoms with E-state index in [9.17, 15) is 9.59 Å². The molecule has 0 aliphatic carbocycles. The molecule has 0 atom stereocenters. The molecule has 0 aliphatic heterocycles. The molecular formula is C16H11ClN2O2. The van der Waals surface area contributed by atoms with Crippen molar-refractivity contribution in [3.05, 3.63) is 58.1 Å². The normalized spacial score (nSPS) is 9.62. The van der Waals surface area contributed by atoms with Crippen LogP contribution in [-0.2, 0) is 16.0 Å². The summed E-state index contributed by atoms with van der Waals surface area (Å²) in [5.74, 6) is 0. The molecule has 5 heteroatoms. The minimum absolute atomic E-state index is 0.404. The molecule has 0 saturated heterocycles. The highest BCUT2D eigenvalue weighted by Crippen LogP contribution is 2.34. The van der Waals surface area contributed by atoms with Crippen LogP contribution in [-0.4, -0.2) is 12.2 Å². The number of carbonyl (C=O) groups excluding carboxylic acids is 2. The Bertz CT molecular complexity index is 735. The molecule has 2 aromatic carbocycles. The van der Waals surface area contributed by atoms with Gasteiger partial charge in [0.2, 0.25) is 12.2 Å². The Hall–Kier alpha value is -2.51. The molecule has 0 radical (unpaired) electrons. The molecule has 0 amide bonds. The van der Waals surface area contributed by atoms with E-state index in [4.69, 9.17) is 11.6 Å². The quantitative estimate of drug-likeness (QED) is 0.628. The van der Waals surface area contributed by atoms with E-state index < -0.39 is 0 Å².